The van der Waals surface area contributed by atoms with Crippen LogP contribution in [0.5, 0.6) is 0 Å². The van der Waals surface area contributed by atoms with Gasteiger partial charge >= 0.3 is 17.9 Å². The number of hydrogen-bond donors (Lipinski definition) is 4. The molecular weight excluding hydrogens is 566 g/mol. The zero-order chi connectivity index (χ0) is 32.1. The maximum atomic E-state index is 12.6. The maximum absolute atomic E-state index is 12.6. The summed E-state index contributed by atoms with van der Waals surface area (Å²) in [6.07, 6.45) is 0.987. The molecule has 1 aliphatic heterocycles. The molecule has 43 heavy (non-hydrogen) atoms. The van der Waals surface area contributed by atoms with Crippen molar-refractivity contribution in [2.75, 3.05) is 125 Å². The molecule has 15 nitrogen and oxygen atoms in total. The quantitative estimate of drug-likeness (QED) is 0.130. The van der Waals surface area contributed by atoms with Gasteiger partial charge in [-0.15, -0.1) is 0 Å². The normalized spacial score (nSPS) is 17.2. The topological polar surface area (TPSA) is 182 Å². The van der Waals surface area contributed by atoms with Crippen LogP contribution in [0, 0.1) is 5.41 Å². The number of nitrogens with zero attached hydrogens (tertiary/aromatic N) is 4. The zero-order valence-corrected chi connectivity index (χ0v) is 26.1. The minimum Gasteiger partial charge on any atom is -0.480 e. The summed E-state index contributed by atoms with van der Waals surface area (Å²) in [5.74, 6) is -3.22. The Balaban J connectivity index is 2.48. The average Bonchev–Trinajstić information content (AvgIpc) is 2.89. The summed E-state index contributed by atoms with van der Waals surface area (Å²) < 4.78 is 16.5. The van der Waals surface area contributed by atoms with Crippen molar-refractivity contribution in [2.45, 2.75) is 27.2 Å². The van der Waals surface area contributed by atoms with Crippen LogP contribution in [0.3, 0.4) is 0 Å². The maximum Gasteiger partial charge on any atom is 0.317 e. The number of carbonyl (C=O) groups is 4. The van der Waals surface area contributed by atoms with Crippen molar-refractivity contribution in [1.29, 1.82) is 0 Å². The molecule has 250 valence electrons. The summed E-state index contributed by atoms with van der Waals surface area (Å²) in [4.78, 5) is 53.7. The lowest BCUT2D eigenvalue weighted by atomic mass is 9.93. The second-order valence-electron chi connectivity index (χ2n) is 11.8. The molecule has 4 N–H and O–H groups in total. The summed E-state index contributed by atoms with van der Waals surface area (Å²) in [7, 11) is 0. The number of carboxylic acid groups (broad SMARTS) is 3. The molecule has 1 rings (SSSR count). The molecule has 1 saturated heterocycles. The molecule has 0 aliphatic carbocycles. The highest BCUT2D eigenvalue weighted by Gasteiger charge is 2.21. The van der Waals surface area contributed by atoms with E-state index in [1.807, 2.05) is 4.90 Å². The van der Waals surface area contributed by atoms with E-state index < -0.39 is 17.9 Å². The smallest absolute Gasteiger partial charge is 0.317 e. The van der Waals surface area contributed by atoms with Crippen molar-refractivity contribution in [1.82, 2.24) is 24.9 Å². The molecule has 1 heterocycles. The predicted molar refractivity (Wildman–Crippen MR) is 158 cm³/mol. The standard InChI is InChI=1S/C28H53N5O10/c1-28(2,3)4-14-41-16-18-43-19-17-42-15-5-29-24(34)20-30-6-8-31(21-25(35)36)10-12-33(23-27(39)40)13-11-32(9-7-30)22-26(37)38/h4-23H2,1-3H3,(H,29,34)(H,35,36)(H,37,38)(H,39,40). The van der Waals surface area contributed by atoms with Gasteiger partial charge in [0.05, 0.1) is 59.2 Å². The second-order valence-corrected chi connectivity index (χ2v) is 11.8. The third-order valence-corrected chi connectivity index (χ3v) is 6.68. The Morgan fingerprint density at radius 1 is 0.558 bits per heavy atom. The first kappa shape index (κ1) is 38.6. The number of hydrogen-bond acceptors (Lipinski definition) is 11. The van der Waals surface area contributed by atoms with Crippen LogP contribution < -0.4 is 5.32 Å². The fourth-order valence-corrected chi connectivity index (χ4v) is 4.23. The van der Waals surface area contributed by atoms with Gasteiger partial charge in [0.1, 0.15) is 0 Å². The third kappa shape index (κ3) is 22.8. The minimum atomic E-state index is -1.01. The van der Waals surface area contributed by atoms with Gasteiger partial charge in [0.2, 0.25) is 5.91 Å². The molecule has 0 aromatic carbocycles. The number of carboxylic acids is 3. The van der Waals surface area contributed by atoms with E-state index in [4.69, 9.17) is 14.2 Å². The first-order chi connectivity index (χ1) is 20.3. The van der Waals surface area contributed by atoms with Gasteiger partial charge in [-0.3, -0.25) is 38.8 Å². The predicted octanol–water partition coefficient (Wildman–Crippen LogP) is -0.936. The minimum absolute atomic E-state index is 0.0608. The fourth-order valence-electron chi connectivity index (χ4n) is 4.23. The number of nitrogens with one attached hydrogen (secondary N) is 1. The molecule has 0 spiro atoms. The Morgan fingerprint density at radius 3 is 1.23 bits per heavy atom. The molecule has 0 radical (unpaired) electrons. The van der Waals surface area contributed by atoms with Crippen LogP contribution in [0.4, 0.5) is 0 Å². The van der Waals surface area contributed by atoms with Gasteiger partial charge in [0.25, 0.3) is 0 Å². The largest absolute Gasteiger partial charge is 0.480 e. The van der Waals surface area contributed by atoms with Gasteiger partial charge in [-0.05, 0) is 11.8 Å². The second kappa shape index (κ2) is 22.2. The first-order valence-corrected chi connectivity index (χ1v) is 14.9. The number of amides is 1. The van der Waals surface area contributed by atoms with Gasteiger partial charge in [-0.25, -0.2) is 0 Å². The van der Waals surface area contributed by atoms with Crippen molar-refractivity contribution in [3.05, 3.63) is 0 Å². The summed E-state index contributed by atoms with van der Waals surface area (Å²) in [5.41, 5.74) is 0.245. The lowest BCUT2D eigenvalue weighted by molar-refractivity contribution is -0.140. The Bertz CT molecular complexity index is 794. The van der Waals surface area contributed by atoms with Crippen molar-refractivity contribution in [3.8, 4) is 0 Å². The highest BCUT2D eigenvalue weighted by atomic mass is 16.5. The summed E-state index contributed by atoms with van der Waals surface area (Å²) in [5, 5.41) is 30.7. The van der Waals surface area contributed by atoms with Gasteiger partial charge < -0.3 is 34.8 Å². The van der Waals surface area contributed by atoms with Crippen molar-refractivity contribution in [3.63, 3.8) is 0 Å². The van der Waals surface area contributed by atoms with E-state index in [9.17, 15) is 34.5 Å². The molecule has 1 amide bonds. The monoisotopic (exact) mass is 619 g/mol. The van der Waals surface area contributed by atoms with Crippen LogP contribution in [-0.4, -0.2) is 183 Å². The molecule has 0 bridgehead atoms. The fraction of sp³-hybridized carbons (Fsp3) is 0.857. The van der Waals surface area contributed by atoms with Gasteiger partial charge in [0, 0.05) is 65.5 Å². The number of ether oxygens (including phenoxy) is 3. The lowest BCUT2D eigenvalue weighted by Crippen LogP contribution is -2.50. The van der Waals surface area contributed by atoms with Crippen molar-refractivity contribution in [2.24, 2.45) is 5.41 Å². The van der Waals surface area contributed by atoms with E-state index in [-0.39, 0.29) is 37.5 Å². The van der Waals surface area contributed by atoms with Gasteiger partial charge in [-0.2, -0.15) is 0 Å². The highest BCUT2D eigenvalue weighted by Crippen LogP contribution is 2.17. The van der Waals surface area contributed by atoms with Crippen LogP contribution in [0.15, 0.2) is 0 Å². The van der Waals surface area contributed by atoms with Crippen LogP contribution >= 0.6 is 0 Å². The van der Waals surface area contributed by atoms with Crippen molar-refractivity contribution < 1.29 is 48.7 Å². The Kier molecular flexibility index (Phi) is 19.9. The van der Waals surface area contributed by atoms with E-state index >= 15 is 0 Å². The van der Waals surface area contributed by atoms with Gasteiger partial charge in [0.15, 0.2) is 0 Å². The molecule has 15 heteroatoms. The van der Waals surface area contributed by atoms with Crippen LogP contribution in [0.2, 0.25) is 0 Å². The Labute approximate surface area is 255 Å². The third-order valence-electron chi connectivity index (χ3n) is 6.68. The average molecular weight is 620 g/mol. The summed E-state index contributed by atoms with van der Waals surface area (Å²) >= 11 is 0. The van der Waals surface area contributed by atoms with E-state index in [0.29, 0.717) is 98.5 Å². The molecule has 0 unspecified atom stereocenters. The Hall–Kier alpha value is -2.40. The number of aliphatic carboxylic acids is 3. The Morgan fingerprint density at radius 2 is 0.884 bits per heavy atom. The van der Waals surface area contributed by atoms with Crippen LogP contribution in [-0.2, 0) is 33.4 Å². The molecule has 1 aliphatic rings. The summed E-state index contributed by atoms with van der Waals surface area (Å²) in [6.45, 7) is 11.9. The molecular formula is C28H53N5O10. The zero-order valence-electron chi connectivity index (χ0n) is 26.1. The lowest BCUT2D eigenvalue weighted by Gasteiger charge is -2.32. The number of carbonyl (C=O) groups excluding carboxylic acids is 1. The highest BCUT2D eigenvalue weighted by molar-refractivity contribution is 5.78. The molecule has 1 fully saturated rings. The molecule has 0 saturated carbocycles. The van der Waals surface area contributed by atoms with E-state index in [1.165, 1.54) is 0 Å². The van der Waals surface area contributed by atoms with E-state index in [1.54, 1.807) is 14.7 Å². The first-order valence-electron chi connectivity index (χ1n) is 14.9. The summed E-state index contributed by atoms with van der Waals surface area (Å²) in [6, 6.07) is 0. The SMILES string of the molecule is CC(C)(C)CCOCCOCCOCCNC(=O)CN1CCN(CC(=O)O)CCN(CC(=O)O)CCN(CC(=O)O)CC1. The van der Waals surface area contributed by atoms with E-state index in [2.05, 4.69) is 26.1 Å². The molecule has 0 aromatic heterocycles. The van der Waals surface area contributed by atoms with E-state index in [0.717, 1.165) is 6.42 Å². The number of rotatable bonds is 19. The molecule has 0 atom stereocenters. The molecule has 0 aromatic rings. The van der Waals surface area contributed by atoms with Crippen molar-refractivity contribution >= 4 is 23.8 Å². The van der Waals surface area contributed by atoms with Gasteiger partial charge in [-0.1, -0.05) is 20.8 Å². The van der Waals surface area contributed by atoms with Crippen LogP contribution in [0.1, 0.15) is 27.2 Å². The van der Waals surface area contributed by atoms with Crippen LogP contribution in [0.25, 0.3) is 0 Å².